The van der Waals surface area contributed by atoms with E-state index >= 15 is 0 Å². The summed E-state index contributed by atoms with van der Waals surface area (Å²) in [4.78, 5) is 20.1. The third-order valence-electron chi connectivity index (χ3n) is 4.46. The van der Waals surface area contributed by atoms with E-state index in [0.717, 1.165) is 28.7 Å². The van der Waals surface area contributed by atoms with Crippen LogP contribution in [-0.2, 0) is 12.8 Å². The molecule has 0 unspecified atom stereocenters. The molecule has 0 saturated carbocycles. The van der Waals surface area contributed by atoms with Crippen molar-refractivity contribution in [3.05, 3.63) is 90.1 Å². The second-order valence-electron chi connectivity index (χ2n) is 6.11. The monoisotopic (exact) mass is 343 g/mol. The second kappa shape index (κ2) is 6.80. The van der Waals surface area contributed by atoms with E-state index in [1.807, 2.05) is 36.5 Å². The Bertz CT molecular complexity index is 1070. The lowest BCUT2D eigenvalue weighted by Crippen LogP contribution is -2.10. The molecule has 0 aliphatic rings. The molecule has 5 heteroatoms. The molecular formula is C21H17N3O2. The van der Waals surface area contributed by atoms with Gasteiger partial charge in [0.05, 0.1) is 0 Å². The van der Waals surface area contributed by atoms with Crippen molar-refractivity contribution in [1.29, 1.82) is 0 Å². The number of hydrogen-bond donors (Lipinski definition) is 1. The zero-order valence-corrected chi connectivity index (χ0v) is 14.0. The molecule has 0 bridgehead atoms. The van der Waals surface area contributed by atoms with Gasteiger partial charge in [0.1, 0.15) is 11.3 Å². The minimum atomic E-state index is -0.937. The van der Waals surface area contributed by atoms with Crippen LogP contribution < -0.4 is 0 Å². The van der Waals surface area contributed by atoms with Crippen molar-refractivity contribution in [2.24, 2.45) is 0 Å². The molecule has 0 saturated heterocycles. The van der Waals surface area contributed by atoms with Gasteiger partial charge >= 0.3 is 5.97 Å². The van der Waals surface area contributed by atoms with E-state index in [1.54, 1.807) is 23.0 Å². The topological polar surface area (TPSA) is 67.5 Å². The number of nitrogens with zero attached hydrogens (tertiary/aromatic N) is 3. The summed E-state index contributed by atoms with van der Waals surface area (Å²) in [5.74, 6) is -0.937. The molecule has 128 valence electrons. The zero-order chi connectivity index (χ0) is 17.9. The maximum absolute atomic E-state index is 11.7. The van der Waals surface area contributed by atoms with Crippen molar-refractivity contribution in [2.45, 2.75) is 12.8 Å². The number of imidazole rings is 1. The molecule has 0 aliphatic heterocycles. The van der Waals surface area contributed by atoms with Gasteiger partial charge in [0.25, 0.3) is 0 Å². The number of hydrogen-bond acceptors (Lipinski definition) is 3. The van der Waals surface area contributed by atoms with Crippen LogP contribution in [0.15, 0.2) is 73.3 Å². The highest BCUT2D eigenvalue weighted by Gasteiger charge is 2.15. The molecule has 4 rings (SSSR count). The third-order valence-corrected chi connectivity index (χ3v) is 4.46. The highest BCUT2D eigenvalue weighted by atomic mass is 16.4. The van der Waals surface area contributed by atoms with Crippen LogP contribution in [0.2, 0.25) is 0 Å². The number of rotatable bonds is 5. The number of aromatic carboxylic acids is 1. The predicted octanol–water partition coefficient (Wildman–Crippen LogP) is 3.88. The number of pyridine rings is 2. The van der Waals surface area contributed by atoms with Crippen molar-refractivity contribution in [3.8, 4) is 11.1 Å². The van der Waals surface area contributed by atoms with Crippen molar-refractivity contribution in [1.82, 2.24) is 14.4 Å². The summed E-state index contributed by atoms with van der Waals surface area (Å²) in [5.41, 5.74) is 5.07. The minimum absolute atomic E-state index is 0.281. The van der Waals surface area contributed by atoms with Crippen LogP contribution in [0.4, 0.5) is 0 Å². The van der Waals surface area contributed by atoms with E-state index in [-0.39, 0.29) is 5.69 Å². The SMILES string of the molecule is O=C(O)c1c(CCc2cccc(-c3cccnc3)c2)ccc2nccn12. The Hall–Kier alpha value is -3.47. The van der Waals surface area contributed by atoms with Gasteiger partial charge < -0.3 is 5.11 Å². The molecule has 3 aromatic heterocycles. The molecule has 0 radical (unpaired) electrons. The van der Waals surface area contributed by atoms with Crippen molar-refractivity contribution >= 4 is 11.6 Å². The molecule has 0 atom stereocenters. The van der Waals surface area contributed by atoms with Gasteiger partial charge in [-0.3, -0.25) is 9.38 Å². The van der Waals surface area contributed by atoms with Crippen molar-refractivity contribution < 1.29 is 9.90 Å². The molecular weight excluding hydrogens is 326 g/mol. The molecule has 0 amide bonds. The van der Waals surface area contributed by atoms with Gasteiger partial charge in [0.15, 0.2) is 0 Å². The molecule has 1 aromatic carbocycles. The number of carboxylic acids is 1. The maximum Gasteiger partial charge on any atom is 0.353 e. The lowest BCUT2D eigenvalue weighted by Gasteiger charge is -2.10. The summed E-state index contributed by atoms with van der Waals surface area (Å²) in [6.07, 6.45) is 8.30. The third kappa shape index (κ3) is 3.07. The second-order valence-corrected chi connectivity index (χ2v) is 6.11. The van der Waals surface area contributed by atoms with E-state index in [1.165, 1.54) is 0 Å². The Morgan fingerprint density at radius 3 is 2.69 bits per heavy atom. The number of benzene rings is 1. The van der Waals surface area contributed by atoms with E-state index in [4.69, 9.17) is 0 Å². The Morgan fingerprint density at radius 2 is 1.88 bits per heavy atom. The summed E-state index contributed by atoms with van der Waals surface area (Å²) in [6, 6.07) is 15.9. The highest BCUT2D eigenvalue weighted by molar-refractivity contribution is 5.88. The van der Waals surface area contributed by atoms with Gasteiger partial charge in [-0.25, -0.2) is 9.78 Å². The number of carbonyl (C=O) groups is 1. The molecule has 3 heterocycles. The van der Waals surface area contributed by atoms with E-state index in [0.29, 0.717) is 12.1 Å². The van der Waals surface area contributed by atoms with Crippen LogP contribution in [0.5, 0.6) is 0 Å². The Labute approximate surface area is 150 Å². The first-order chi connectivity index (χ1) is 12.7. The summed E-state index contributed by atoms with van der Waals surface area (Å²) in [5, 5.41) is 9.62. The van der Waals surface area contributed by atoms with Crippen LogP contribution in [0, 0.1) is 0 Å². The fourth-order valence-corrected chi connectivity index (χ4v) is 3.20. The van der Waals surface area contributed by atoms with Crippen molar-refractivity contribution in [3.63, 3.8) is 0 Å². The van der Waals surface area contributed by atoms with E-state index in [9.17, 15) is 9.90 Å². The summed E-state index contributed by atoms with van der Waals surface area (Å²) in [7, 11) is 0. The predicted molar refractivity (Wildman–Crippen MR) is 99.2 cm³/mol. The average molecular weight is 343 g/mol. The average Bonchev–Trinajstić information content (AvgIpc) is 3.15. The van der Waals surface area contributed by atoms with Gasteiger partial charge in [-0.05, 0) is 47.2 Å². The first-order valence-electron chi connectivity index (χ1n) is 8.40. The number of aryl methyl sites for hydroxylation is 2. The summed E-state index contributed by atoms with van der Waals surface area (Å²) >= 11 is 0. The molecule has 4 aromatic rings. The fraction of sp³-hybridized carbons (Fsp3) is 0.0952. The zero-order valence-electron chi connectivity index (χ0n) is 14.0. The Balaban J connectivity index is 1.61. The number of aromatic nitrogens is 3. The number of carboxylic acid groups (broad SMARTS) is 1. The van der Waals surface area contributed by atoms with Gasteiger partial charge in [-0.2, -0.15) is 0 Å². The maximum atomic E-state index is 11.7. The van der Waals surface area contributed by atoms with Crippen LogP contribution in [-0.4, -0.2) is 25.4 Å². The molecule has 0 fully saturated rings. The van der Waals surface area contributed by atoms with Crippen LogP contribution in [0.1, 0.15) is 21.6 Å². The quantitative estimate of drug-likeness (QED) is 0.597. The fourth-order valence-electron chi connectivity index (χ4n) is 3.20. The number of fused-ring (bicyclic) bond motifs is 1. The standard InChI is InChI=1S/C21H17N3O2/c25-21(26)20-16(8-9-19-23-11-12-24(19)20)7-6-15-3-1-4-17(13-15)18-5-2-10-22-14-18/h1-5,8-14H,6-7H2,(H,25,26). The highest BCUT2D eigenvalue weighted by Crippen LogP contribution is 2.21. The molecule has 26 heavy (non-hydrogen) atoms. The van der Waals surface area contributed by atoms with Gasteiger partial charge in [0.2, 0.25) is 0 Å². The van der Waals surface area contributed by atoms with Crippen molar-refractivity contribution in [2.75, 3.05) is 0 Å². The van der Waals surface area contributed by atoms with E-state index < -0.39 is 5.97 Å². The lowest BCUT2D eigenvalue weighted by atomic mass is 9.99. The minimum Gasteiger partial charge on any atom is -0.477 e. The first kappa shape index (κ1) is 16.0. The van der Waals surface area contributed by atoms with E-state index in [2.05, 4.69) is 28.2 Å². The lowest BCUT2D eigenvalue weighted by molar-refractivity contribution is 0.0687. The molecule has 0 spiro atoms. The summed E-state index contributed by atoms with van der Waals surface area (Å²) in [6.45, 7) is 0. The Morgan fingerprint density at radius 1 is 1.00 bits per heavy atom. The summed E-state index contributed by atoms with van der Waals surface area (Å²) < 4.78 is 1.63. The molecule has 5 nitrogen and oxygen atoms in total. The normalized spacial score (nSPS) is 10.9. The van der Waals surface area contributed by atoms with Crippen LogP contribution in [0.3, 0.4) is 0 Å². The molecule has 0 aliphatic carbocycles. The van der Waals surface area contributed by atoms with Gasteiger partial charge in [-0.15, -0.1) is 0 Å². The van der Waals surface area contributed by atoms with Crippen LogP contribution >= 0.6 is 0 Å². The van der Waals surface area contributed by atoms with Gasteiger partial charge in [-0.1, -0.05) is 36.4 Å². The van der Waals surface area contributed by atoms with Crippen LogP contribution in [0.25, 0.3) is 16.8 Å². The Kier molecular flexibility index (Phi) is 4.19. The first-order valence-corrected chi connectivity index (χ1v) is 8.40. The smallest absolute Gasteiger partial charge is 0.353 e. The largest absolute Gasteiger partial charge is 0.477 e. The molecule has 1 N–H and O–H groups in total. The van der Waals surface area contributed by atoms with Gasteiger partial charge in [0, 0.05) is 24.8 Å².